The average molecular weight is 570 g/mol. The van der Waals surface area contributed by atoms with E-state index in [0.29, 0.717) is 18.5 Å². The number of carbonyl (C=O) groups excluding carboxylic acids is 1. The molecule has 0 spiro atoms. The maximum atomic E-state index is 13.0. The quantitative estimate of drug-likeness (QED) is 0.354. The summed E-state index contributed by atoms with van der Waals surface area (Å²) in [6.45, 7) is 2.37. The van der Waals surface area contributed by atoms with Crippen LogP contribution in [0.15, 0.2) is 77.7 Å². The molecule has 1 heterocycles. The number of piperidine rings is 1. The number of nitriles is 1. The van der Waals surface area contributed by atoms with Gasteiger partial charge in [0.05, 0.1) is 28.7 Å². The molecule has 1 amide bonds. The topological polar surface area (TPSA) is 90.3 Å². The van der Waals surface area contributed by atoms with Crippen molar-refractivity contribution in [3.63, 3.8) is 0 Å². The minimum atomic E-state index is -4.38. The smallest absolute Gasteiger partial charge is 0.367 e. The van der Waals surface area contributed by atoms with Crippen molar-refractivity contribution < 1.29 is 26.4 Å². The number of carbonyl (C=O) groups is 1. The summed E-state index contributed by atoms with van der Waals surface area (Å²) < 4.78 is 62.9. The Labute approximate surface area is 232 Å². The SMILES string of the molecule is CCS(=O)(=O)c1ccc(CNC(=O)c2ccc(N3CC(c4ccc(C(F)(F)F)cc4)CC[C@H]3CC#N)cc2)cc1. The van der Waals surface area contributed by atoms with E-state index in [1.807, 2.05) is 12.1 Å². The minimum absolute atomic E-state index is 0.0129. The van der Waals surface area contributed by atoms with Gasteiger partial charge in [0.1, 0.15) is 0 Å². The summed E-state index contributed by atoms with van der Waals surface area (Å²) in [5.74, 6) is -0.255. The highest BCUT2D eigenvalue weighted by Gasteiger charge is 2.32. The van der Waals surface area contributed by atoms with Crippen molar-refractivity contribution in [2.24, 2.45) is 0 Å². The second-order valence-electron chi connectivity index (χ2n) is 9.84. The average Bonchev–Trinajstić information content (AvgIpc) is 2.96. The highest BCUT2D eigenvalue weighted by atomic mass is 32.2. The van der Waals surface area contributed by atoms with Gasteiger partial charge in [-0.05, 0) is 72.5 Å². The predicted molar refractivity (Wildman–Crippen MR) is 147 cm³/mol. The van der Waals surface area contributed by atoms with Crippen LogP contribution in [0.3, 0.4) is 0 Å². The monoisotopic (exact) mass is 569 g/mol. The minimum Gasteiger partial charge on any atom is -0.367 e. The highest BCUT2D eigenvalue weighted by Crippen LogP contribution is 2.36. The summed E-state index contributed by atoms with van der Waals surface area (Å²) in [6, 6.07) is 20.9. The second kappa shape index (κ2) is 12.1. The molecule has 3 aromatic rings. The highest BCUT2D eigenvalue weighted by molar-refractivity contribution is 7.91. The third-order valence-corrected chi connectivity index (χ3v) is 9.07. The molecule has 1 N–H and O–H groups in total. The molecule has 3 aromatic carbocycles. The molecule has 10 heteroatoms. The van der Waals surface area contributed by atoms with Crippen molar-refractivity contribution in [3.05, 3.63) is 95.1 Å². The first-order valence-electron chi connectivity index (χ1n) is 13.0. The van der Waals surface area contributed by atoms with E-state index >= 15 is 0 Å². The lowest BCUT2D eigenvalue weighted by molar-refractivity contribution is -0.137. The van der Waals surface area contributed by atoms with E-state index in [-0.39, 0.29) is 35.1 Å². The van der Waals surface area contributed by atoms with Crippen LogP contribution in [-0.2, 0) is 22.6 Å². The Morgan fingerprint density at radius 3 is 2.23 bits per heavy atom. The first-order valence-corrected chi connectivity index (χ1v) is 14.7. The van der Waals surface area contributed by atoms with Gasteiger partial charge < -0.3 is 10.2 Å². The van der Waals surface area contributed by atoms with Gasteiger partial charge in [0, 0.05) is 36.3 Å². The van der Waals surface area contributed by atoms with Crippen LogP contribution in [0.25, 0.3) is 0 Å². The van der Waals surface area contributed by atoms with Crippen molar-refractivity contribution in [1.29, 1.82) is 5.26 Å². The fourth-order valence-electron chi connectivity index (χ4n) is 4.95. The van der Waals surface area contributed by atoms with Gasteiger partial charge in [-0.15, -0.1) is 0 Å². The van der Waals surface area contributed by atoms with Crippen LogP contribution in [0.1, 0.15) is 59.2 Å². The standard InChI is InChI=1S/C30H30F3N3O3S/c1-2-40(38,39)28-15-3-21(4-16-28)19-35-29(37)23-7-12-26(13-8-23)36-20-24(9-14-27(36)17-18-34)22-5-10-25(11-6-22)30(31,32)33/h3-8,10-13,15-16,24,27H,2,9,14,17,19-20H2,1H3,(H,35,37)/t24?,27-/m0/s1. The number of hydrogen-bond acceptors (Lipinski definition) is 5. The Hall–Kier alpha value is -3.84. The van der Waals surface area contributed by atoms with E-state index in [9.17, 15) is 31.6 Å². The summed E-state index contributed by atoms with van der Waals surface area (Å²) in [7, 11) is -3.29. The van der Waals surface area contributed by atoms with Gasteiger partial charge in [0.15, 0.2) is 9.84 Å². The number of halogens is 3. The Bertz CT molecular complexity index is 1460. The van der Waals surface area contributed by atoms with Gasteiger partial charge in [0.2, 0.25) is 0 Å². The molecule has 1 unspecified atom stereocenters. The molecule has 0 aliphatic carbocycles. The molecule has 210 valence electrons. The van der Waals surface area contributed by atoms with E-state index in [2.05, 4.69) is 16.3 Å². The molecule has 1 saturated heterocycles. The normalized spacial score (nSPS) is 17.7. The van der Waals surface area contributed by atoms with E-state index in [4.69, 9.17) is 0 Å². The van der Waals surface area contributed by atoms with Crippen molar-refractivity contribution in [2.45, 2.75) is 55.8 Å². The number of amides is 1. The zero-order valence-corrected chi connectivity index (χ0v) is 22.8. The Kier molecular flexibility index (Phi) is 8.84. The first-order chi connectivity index (χ1) is 19.0. The number of hydrogen-bond donors (Lipinski definition) is 1. The lowest BCUT2D eigenvalue weighted by atomic mass is 9.85. The Balaban J connectivity index is 1.42. The third kappa shape index (κ3) is 6.83. The Morgan fingerprint density at radius 2 is 1.65 bits per heavy atom. The summed E-state index contributed by atoms with van der Waals surface area (Å²) in [6.07, 6.45) is -2.58. The summed E-state index contributed by atoms with van der Waals surface area (Å²) in [5.41, 5.74) is 2.19. The maximum absolute atomic E-state index is 13.0. The number of alkyl halides is 3. The number of anilines is 1. The van der Waals surface area contributed by atoms with Gasteiger partial charge in [-0.3, -0.25) is 4.79 Å². The fraction of sp³-hybridized carbons (Fsp3) is 0.333. The molecular formula is C30H30F3N3O3S. The van der Waals surface area contributed by atoms with Gasteiger partial charge in [-0.1, -0.05) is 31.2 Å². The van der Waals surface area contributed by atoms with Crippen LogP contribution in [-0.4, -0.2) is 32.7 Å². The molecule has 1 fully saturated rings. The van der Waals surface area contributed by atoms with Crippen molar-refractivity contribution in [1.82, 2.24) is 5.32 Å². The zero-order valence-electron chi connectivity index (χ0n) is 22.0. The van der Waals surface area contributed by atoms with Crippen LogP contribution < -0.4 is 10.2 Å². The van der Waals surface area contributed by atoms with Crippen LogP contribution in [0.5, 0.6) is 0 Å². The maximum Gasteiger partial charge on any atom is 0.416 e. The summed E-state index contributed by atoms with van der Waals surface area (Å²) in [5, 5.41) is 12.2. The molecular weight excluding hydrogens is 539 g/mol. The van der Waals surface area contributed by atoms with Crippen molar-refractivity contribution >= 4 is 21.4 Å². The largest absolute Gasteiger partial charge is 0.416 e. The molecule has 4 rings (SSSR count). The van der Waals surface area contributed by atoms with Gasteiger partial charge in [0.25, 0.3) is 5.91 Å². The third-order valence-electron chi connectivity index (χ3n) is 7.32. The number of sulfone groups is 1. The van der Waals surface area contributed by atoms with E-state index in [0.717, 1.165) is 41.8 Å². The van der Waals surface area contributed by atoms with Crippen LogP contribution in [0.4, 0.5) is 18.9 Å². The lowest BCUT2D eigenvalue weighted by Crippen LogP contribution is -2.42. The fourth-order valence-corrected chi connectivity index (χ4v) is 5.83. The van der Waals surface area contributed by atoms with Crippen LogP contribution >= 0.6 is 0 Å². The number of nitrogens with zero attached hydrogens (tertiary/aromatic N) is 2. The molecule has 6 nitrogen and oxygen atoms in total. The van der Waals surface area contributed by atoms with Gasteiger partial charge >= 0.3 is 6.18 Å². The van der Waals surface area contributed by atoms with Crippen molar-refractivity contribution in [2.75, 3.05) is 17.2 Å². The molecule has 1 aliphatic heterocycles. The Morgan fingerprint density at radius 1 is 1.00 bits per heavy atom. The molecule has 1 aliphatic rings. The number of benzene rings is 3. The molecule has 2 atom stereocenters. The van der Waals surface area contributed by atoms with Crippen LogP contribution in [0, 0.1) is 11.3 Å². The van der Waals surface area contributed by atoms with E-state index in [1.54, 1.807) is 31.2 Å². The van der Waals surface area contributed by atoms with Gasteiger partial charge in [-0.25, -0.2) is 8.42 Å². The van der Waals surface area contributed by atoms with Crippen LogP contribution in [0.2, 0.25) is 0 Å². The zero-order chi connectivity index (χ0) is 28.9. The lowest BCUT2D eigenvalue weighted by Gasteiger charge is -2.41. The molecule has 0 saturated carbocycles. The molecule has 0 bridgehead atoms. The van der Waals surface area contributed by atoms with E-state index in [1.165, 1.54) is 24.3 Å². The molecule has 40 heavy (non-hydrogen) atoms. The predicted octanol–water partition coefficient (Wildman–Crippen LogP) is 6.10. The summed E-state index contributed by atoms with van der Waals surface area (Å²) >= 11 is 0. The van der Waals surface area contributed by atoms with Gasteiger partial charge in [-0.2, -0.15) is 18.4 Å². The number of rotatable bonds is 8. The second-order valence-corrected chi connectivity index (χ2v) is 12.1. The molecule has 0 radical (unpaired) electrons. The number of nitrogens with one attached hydrogen (secondary N) is 1. The molecule has 0 aromatic heterocycles. The van der Waals surface area contributed by atoms with Crippen molar-refractivity contribution in [3.8, 4) is 6.07 Å². The van der Waals surface area contributed by atoms with E-state index < -0.39 is 21.6 Å². The summed E-state index contributed by atoms with van der Waals surface area (Å²) in [4.78, 5) is 15.1. The first kappa shape index (κ1) is 29.2.